The summed E-state index contributed by atoms with van der Waals surface area (Å²) in [6.07, 6.45) is 4.65. The van der Waals surface area contributed by atoms with Crippen LogP contribution in [0.5, 0.6) is 0 Å². The summed E-state index contributed by atoms with van der Waals surface area (Å²) in [5, 5.41) is 13.9. The maximum atomic E-state index is 13.6. The zero-order valence-corrected chi connectivity index (χ0v) is 22.3. The third-order valence-corrected chi connectivity index (χ3v) is 7.06. The molecule has 0 bridgehead atoms. The molecule has 0 radical (unpaired) electrons. The van der Waals surface area contributed by atoms with Crippen LogP contribution in [0.25, 0.3) is 5.69 Å². The van der Waals surface area contributed by atoms with Crippen molar-refractivity contribution in [3.05, 3.63) is 75.3 Å². The number of hydrogen-bond donors (Lipinski definition) is 1. The van der Waals surface area contributed by atoms with Crippen molar-refractivity contribution in [1.82, 2.24) is 25.0 Å². The van der Waals surface area contributed by atoms with Crippen LogP contribution in [0.4, 0.5) is 0 Å². The van der Waals surface area contributed by atoms with Crippen molar-refractivity contribution in [2.75, 3.05) is 14.1 Å². The molecule has 4 rings (SSSR count). The van der Waals surface area contributed by atoms with Crippen LogP contribution in [0.15, 0.2) is 42.5 Å². The Labute approximate surface area is 217 Å². The highest BCUT2D eigenvalue weighted by Crippen LogP contribution is 2.34. The van der Waals surface area contributed by atoms with Gasteiger partial charge in [-0.25, -0.2) is 0 Å². The molecular weight excluding hydrogens is 481 g/mol. The zero-order valence-electron chi connectivity index (χ0n) is 20.8. The minimum Gasteiger partial charge on any atom is -0.307 e. The molecule has 1 N–H and O–H groups in total. The van der Waals surface area contributed by atoms with Crippen molar-refractivity contribution in [3.63, 3.8) is 0 Å². The average molecular weight is 515 g/mol. The van der Waals surface area contributed by atoms with E-state index < -0.39 is 0 Å². The second-order valence-electron chi connectivity index (χ2n) is 9.66. The van der Waals surface area contributed by atoms with Crippen LogP contribution in [0.3, 0.4) is 0 Å². The highest BCUT2D eigenvalue weighted by molar-refractivity contribution is 6.31. The predicted octanol–water partition coefficient (Wildman–Crippen LogP) is 6.10. The fourth-order valence-electron chi connectivity index (χ4n) is 4.57. The van der Waals surface area contributed by atoms with E-state index in [0.29, 0.717) is 39.4 Å². The van der Waals surface area contributed by atoms with Gasteiger partial charge in [-0.3, -0.25) is 14.3 Å². The summed E-state index contributed by atoms with van der Waals surface area (Å²) in [6, 6.07) is 12.7. The number of hydrogen-bond acceptors (Lipinski definition) is 5. The standard InChI is InChI=1S/C27H33Cl2N5O/c1-5-23(33(3)4)27-32-31-25(16-30-17(2)13-18-9-10-18)34(27)24-15-21(29)11-12-22(24)26(35)19-7-6-8-20(28)14-19/h6-8,11-12,14-15,17-18,23,30H,5,9-10,13,16H2,1-4H3. The molecule has 0 aliphatic heterocycles. The van der Waals surface area contributed by atoms with E-state index >= 15 is 0 Å². The lowest BCUT2D eigenvalue weighted by atomic mass is 10.0. The summed E-state index contributed by atoms with van der Waals surface area (Å²) < 4.78 is 2.01. The molecule has 186 valence electrons. The van der Waals surface area contributed by atoms with Crippen molar-refractivity contribution in [2.45, 2.75) is 58.2 Å². The fraction of sp³-hybridized carbons (Fsp3) is 0.444. The number of rotatable bonds is 11. The second kappa shape index (κ2) is 11.2. The maximum absolute atomic E-state index is 13.6. The summed E-state index contributed by atoms with van der Waals surface area (Å²) >= 11 is 12.7. The molecule has 1 aromatic heterocycles. The third kappa shape index (κ3) is 6.12. The van der Waals surface area contributed by atoms with Gasteiger partial charge in [0, 0.05) is 27.2 Å². The van der Waals surface area contributed by atoms with Crippen LogP contribution >= 0.6 is 23.2 Å². The Morgan fingerprint density at radius 2 is 1.89 bits per heavy atom. The second-order valence-corrected chi connectivity index (χ2v) is 10.5. The van der Waals surface area contributed by atoms with Gasteiger partial charge in [-0.15, -0.1) is 10.2 Å². The molecule has 1 saturated carbocycles. The van der Waals surface area contributed by atoms with Crippen LogP contribution in [0.2, 0.25) is 10.0 Å². The van der Waals surface area contributed by atoms with Gasteiger partial charge in [0.1, 0.15) is 0 Å². The fourth-order valence-corrected chi connectivity index (χ4v) is 4.93. The number of carbonyl (C=O) groups is 1. The Hall–Kier alpha value is -2.25. The van der Waals surface area contributed by atoms with Gasteiger partial charge < -0.3 is 5.32 Å². The maximum Gasteiger partial charge on any atom is 0.195 e. The SMILES string of the molecule is CCC(c1nnc(CNC(C)CC2CC2)n1-c1cc(Cl)ccc1C(=O)c1cccc(Cl)c1)N(C)C. The Morgan fingerprint density at radius 1 is 1.14 bits per heavy atom. The van der Waals surface area contributed by atoms with Crippen LogP contribution in [0.1, 0.15) is 73.1 Å². The number of nitrogens with one attached hydrogen (secondary N) is 1. The molecular formula is C27H33Cl2N5O. The van der Waals surface area contributed by atoms with Gasteiger partial charge >= 0.3 is 0 Å². The number of halogens is 2. The van der Waals surface area contributed by atoms with Crippen LogP contribution < -0.4 is 5.32 Å². The van der Waals surface area contributed by atoms with Crippen LogP contribution in [-0.4, -0.2) is 45.6 Å². The number of carbonyl (C=O) groups excluding carboxylic acids is 1. The Morgan fingerprint density at radius 3 is 2.54 bits per heavy atom. The van der Waals surface area contributed by atoms with Crippen molar-refractivity contribution in [1.29, 1.82) is 0 Å². The Kier molecular flexibility index (Phi) is 8.27. The van der Waals surface area contributed by atoms with Gasteiger partial charge in [-0.2, -0.15) is 0 Å². The number of benzene rings is 2. The molecule has 6 nitrogen and oxygen atoms in total. The predicted molar refractivity (Wildman–Crippen MR) is 142 cm³/mol. The van der Waals surface area contributed by atoms with E-state index in [1.54, 1.807) is 36.4 Å². The number of aromatic nitrogens is 3. The van der Waals surface area contributed by atoms with E-state index in [-0.39, 0.29) is 11.8 Å². The van der Waals surface area contributed by atoms with E-state index in [4.69, 9.17) is 23.2 Å². The molecule has 3 aromatic rings. The van der Waals surface area contributed by atoms with E-state index in [1.807, 2.05) is 24.7 Å². The first kappa shape index (κ1) is 25.8. The molecule has 0 saturated heterocycles. The molecule has 2 aromatic carbocycles. The van der Waals surface area contributed by atoms with E-state index in [9.17, 15) is 4.79 Å². The average Bonchev–Trinajstić information content (AvgIpc) is 3.54. The molecule has 2 unspecified atom stereocenters. The number of ketones is 1. The molecule has 0 amide bonds. The molecule has 8 heteroatoms. The molecule has 1 aliphatic carbocycles. The first-order valence-electron chi connectivity index (χ1n) is 12.2. The van der Waals surface area contributed by atoms with E-state index in [2.05, 4.69) is 34.3 Å². The van der Waals surface area contributed by atoms with Gasteiger partial charge in [0.05, 0.1) is 18.3 Å². The quantitative estimate of drug-likeness (QED) is 0.314. The molecule has 35 heavy (non-hydrogen) atoms. The summed E-state index contributed by atoms with van der Waals surface area (Å²) in [6.45, 7) is 4.87. The highest BCUT2D eigenvalue weighted by Gasteiger charge is 2.27. The smallest absolute Gasteiger partial charge is 0.195 e. The van der Waals surface area contributed by atoms with E-state index in [0.717, 1.165) is 30.4 Å². The lowest BCUT2D eigenvalue weighted by Crippen LogP contribution is -2.28. The number of nitrogens with zero attached hydrogens (tertiary/aromatic N) is 4. The highest BCUT2D eigenvalue weighted by atomic mass is 35.5. The monoisotopic (exact) mass is 513 g/mol. The Bertz CT molecular complexity index is 1190. The molecule has 1 heterocycles. The summed E-state index contributed by atoms with van der Waals surface area (Å²) in [4.78, 5) is 15.8. The normalized spacial score (nSPS) is 15.4. The largest absolute Gasteiger partial charge is 0.307 e. The molecule has 0 spiro atoms. The molecule has 1 fully saturated rings. The zero-order chi connectivity index (χ0) is 25.1. The van der Waals surface area contributed by atoms with E-state index in [1.165, 1.54) is 12.8 Å². The minimum atomic E-state index is -0.127. The summed E-state index contributed by atoms with van der Waals surface area (Å²) in [7, 11) is 4.05. The lowest BCUT2D eigenvalue weighted by molar-refractivity contribution is 0.103. The minimum absolute atomic E-state index is 0.0215. The van der Waals surface area contributed by atoms with Crippen molar-refractivity contribution in [3.8, 4) is 5.69 Å². The van der Waals surface area contributed by atoms with Crippen LogP contribution in [-0.2, 0) is 6.54 Å². The van der Waals surface area contributed by atoms with Gasteiger partial charge in [0.15, 0.2) is 17.4 Å². The van der Waals surface area contributed by atoms with Crippen LogP contribution in [0, 0.1) is 5.92 Å². The van der Waals surface area contributed by atoms with Gasteiger partial charge in [0.2, 0.25) is 0 Å². The molecule has 1 aliphatic rings. The lowest BCUT2D eigenvalue weighted by Gasteiger charge is -2.24. The van der Waals surface area contributed by atoms with Crippen molar-refractivity contribution < 1.29 is 4.79 Å². The van der Waals surface area contributed by atoms with Crippen molar-refractivity contribution >= 4 is 29.0 Å². The van der Waals surface area contributed by atoms with Gasteiger partial charge in [-0.05, 0) is 70.1 Å². The summed E-state index contributed by atoms with van der Waals surface area (Å²) in [5.41, 5.74) is 1.72. The van der Waals surface area contributed by atoms with Gasteiger partial charge in [0.25, 0.3) is 0 Å². The van der Waals surface area contributed by atoms with Crippen molar-refractivity contribution in [2.24, 2.45) is 5.92 Å². The molecule has 2 atom stereocenters. The third-order valence-electron chi connectivity index (χ3n) is 6.59. The first-order valence-corrected chi connectivity index (χ1v) is 13.0. The van der Waals surface area contributed by atoms with Gasteiger partial charge in [-0.1, -0.05) is 55.1 Å². The first-order chi connectivity index (χ1) is 16.8. The summed E-state index contributed by atoms with van der Waals surface area (Å²) in [5.74, 6) is 2.24. The Balaban J connectivity index is 1.79. The topological polar surface area (TPSA) is 63.1 Å².